The molecule has 0 saturated heterocycles. The molecule has 0 radical (unpaired) electrons. The van der Waals surface area contributed by atoms with E-state index in [4.69, 9.17) is 11.5 Å². The van der Waals surface area contributed by atoms with Crippen LogP contribution in [0.3, 0.4) is 0 Å². The topological polar surface area (TPSA) is 55.3 Å². The Morgan fingerprint density at radius 3 is 1.71 bits per heavy atom. The van der Waals surface area contributed by atoms with Crippen molar-refractivity contribution in [3.8, 4) is 22.3 Å². The van der Waals surface area contributed by atoms with Crippen LogP contribution in [0.15, 0.2) is 127 Å². The maximum Gasteiger partial charge on any atom is 0.0698 e. The van der Waals surface area contributed by atoms with Crippen LogP contribution >= 0.6 is 0 Å². The fraction of sp³-hybridized carbons (Fsp3) is 0.0323. The second kappa shape index (κ2) is 9.65. The highest BCUT2D eigenvalue weighted by Crippen LogP contribution is 2.45. The molecule has 0 aliphatic carbocycles. The summed E-state index contributed by atoms with van der Waals surface area (Å²) in [4.78, 5) is 2.21. The van der Waals surface area contributed by atoms with Crippen molar-refractivity contribution >= 4 is 22.7 Å². The van der Waals surface area contributed by atoms with Gasteiger partial charge >= 0.3 is 0 Å². The normalized spacial score (nSPS) is 10.7. The Morgan fingerprint density at radius 1 is 0.559 bits per heavy atom. The van der Waals surface area contributed by atoms with Gasteiger partial charge in [-0.15, -0.1) is 0 Å². The number of benzene rings is 5. The van der Waals surface area contributed by atoms with Gasteiger partial charge in [0.15, 0.2) is 0 Å². The van der Waals surface area contributed by atoms with Crippen molar-refractivity contribution in [1.82, 2.24) is 0 Å². The SMILES string of the molecule is NCc1cccc(-c2ccc(N(c3ccccc3)c3ccccc3)c(N)c2-c2ccccc2)c1. The van der Waals surface area contributed by atoms with Crippen molar-refractivity contribution in [2.75, 3.05) is 10.6 Å². The van der Waals surface area contributed by atoms with Gasteiger partial charge in [0.05, 0.1) is 11.4 Å². The molecule has 5 rings (SSSR count). The van der Waals surface area contributed by atoms with Gasteiger partial charge in [-0.25, -0.2) is 0 Å². The van der Waals surface area contributed by atoms with Crippen LogP contribution < -0.4 is 16.4 Å². The summed E-state index contributed by atoms with van der Waals surface area (Å²) in [5, 5.41) is 0. The molecule has 3 nitrogen and oxygen atoms in total. The second-order valence-electron chi connectivity index (χ2n) is 8.20. The first kappa shape index (κ1) is 21.5. The van der Waals surface area contributed by atoms with E-state index in [2.05, 4.69) is 77.7 Å². The molecule has 5 aromatic carbocycles. The van der Waals surface area contributed by atoms with Gasteiger partial charge in [-0.2, -0.15) is 0 Å². The monoisotopic (exact) mass is 441 g/mol. The van der Waals surface area contributed by atoms with Crippen LogP contribution in [0.1, 0.15) is 5.56 Å². The van der Waals surface area contributed by atoms with Crippen molar-refractivity contribution in [3.63, 3.8) is 0 Å². The predicted octanol–water partition coefficient (Wildman–Crippen LogP) is 7.53. The van der Waals surface area contributed by atoms with Crippen LogP contribution in [0, 0.1) is 0 Å². The molecule has 4 N–H and O–H groups in total. The fourth-order valence-electron chi connectivity index (χ4n) is 4.41. The second-order valence-corrected chi connectivity index (χ2v) is 8.20. The van der Waals surface area contributed by atoms with Gasteiger partial charge in [0.25, 0.3) is 0 Å². The Kier molecular flexibility index (Phi) is 6.11. The number of nitrogens with zero attached hydrogens (tertiary/aromatic N) is 1. The fourth-order valence-corrected chi connectivity index (χ4v) is 4.41. The van der Waals surface area contributed by atoms with E-state index in [0.29, 0.717) is 6.54 Å². The Balaban J connectivity index is 1.77. The smallest absolute Gasteiger partial charge is 0.0698 e. The Hall–Kier alpha value is -4.34. The van der Waals surface area contributed by atoms with Crippen LogP contribution in [0.5, 0.6) is 0 Å². The van der Waals surface area contributed by atoms with Gasteiger partial charge in [0, 0.05) is 23.5 Å². The van der Waals surface area contributed by atoms with Gasteiger partial charge in [0.1, 0.15) is 0 Å². The molecule has 0 saturated carbocycles. The number of nitrogens with two attached hydrogens (primary N) is 2. The minimum absolute atomic E-state index is 0.498. The first-order valence-corrected chi connectivity index (χ1v) is 11.4. The van der Waals surface area contributed by atoms with Crippen molar-refractivity contribution in [2.24, 2.45) is 5.73 Å². The Labute approximate surface area is 200 Å². The lowest BCUT2D eigenvalue weighted by Gasteiger charge is -2.28. The maximum atomic E-state index is 7.03. The number of rotatable bonds is 6. The molecule has 0 spiro atoms. The third-order valence-electron chi connectivity index (χ3n) is 6.03. The van der Waals surface area contributed by atoms with Crippen molar-refractivity contribution < 1.29 is 0 Å². The van der Waals surface area contributed by atoms with Crippen LogP contribution in [0.4, 0.5) is 22.7 Å². The van der Waals surface area contributed by atoms with E-state index >= 15 is 0 Å². The lowest BCUT2D eigenvalue weighted by molar-refractivity contribution is 1.07. The molecule has 0 heterocycles. The molecule has 0 aromatic heterocycles. The summed E-state index contributed by atoms with van der Waals surface area (Å²) < 4.78 is 0. The van der Waals surface area contributed by atoms with Crippen molar-refractivity contribution in [3.05, 3.63) is 133 Å². The zero-order valence-electron chi connectivity index (χ0n) is 18.9. The molecule has 166 valence electrons. The molecular weight excluding hydrogens is 414 g/mol. The summed E-state index contributed by atoms with van der Waals surface area (Å²) in [6, 6.07) is 43.7. The summed E-state index contributed by atoms with van der Waals surface area (Å²) in [6.45, 7) is 0.498. The van der Waals surface area contributed by atoms with Gasteiger partial charge < -0.3 is 16.4 Å². The van der Waals surface area contributed by atoms with E-state index in [1.165, 1.54) is 0 Å². The first-order chi connectivity index (χ1) is 16.8. The quantitative estimate of drug-likeness (QED) is 0.268. The van der Waals surface area contributed by atoms with Crippen LogP contribution in [0.25, 0.3) is 22.3 Å². The van der Waals surface area contributed by atoms with Gasteiger partial charge in [-0.1, -0.05) is 91.0 Å². The van der Waals surface area contributed by atoms with Crippen LogP contribution in [0.2, 0.25) is 0 Å². The first-order valence-electron chi connectivity index (χ1n) is 11.4. The molecule has 0 aliphatic heterocycles. The minimum atomic E-state index is 0.498. The van der Waals surface area contributed by atoms with E-state index in [9.17, 15) is 0 Å². The molecule has 0 fully saturated rings. The van der Waals surface area contributed by atoms with E-state index in [1.807, 2.05) is 54.6 Å². The van der Waals surface area contributed by atoms with Gasteiger partial charge in [0.2, 0.25) is 0 Å². The zero-order chi connectivity index (χ0) is 23.3. The molecule has 3 heteroatoms. The highest BCUT2D eigenvalue weighted by atomic mass is 15.1. The van der Waals surface area contributed by atoms with E-state index < -0.39 is 0 Å². The maximum absolute atomic E-state index is 7.03. The summed E-state index contributed by atoms with van der Waals surface area (Å²) >= 11 is 0. The molecule has 0 atom stereocenters. The van der Waals surface area contributed by atoms with Gasteiger partial charge in [-0.3, -0.25) is 0 Å². The number of nitrogen functional groups attached to an aromatic ring is 1. The summed E-state index contributed by atoms with van der Waals surface area (Å²) in [5.74, 6) is 0. The molecule has 0 bridgehead atoms. The largest absolute Gasteiger partial charge is 0.397 e. The number of hydrogen-bond acceptors (Lipinski definition) is 3. The molecule has 0 aliphatic rings. The highest BCUT2D eigenvalue weighted by Gasteiger charge is 2.20. The average Bonchev–Trinajstić information content (AvgIpc) is 2.91. The standard InChI is InChI=1S/C31H27N3/c32-22-23-11-10-14-25(21-23)28-19-20-29(31(33)30(28)24-12-4-1-5-13-24)34(26-15-6-2-7-16-26)27-17-8-3-9-18-27/h1-21H,22,32-33H2. The Morgan fingerprint density at radius 2 is 1.12 bits per heavy atom. The lowest BCUT2D eigenvalue weighted by Crippen LogP contribution is -2.12. The van der Waals surface area contributed by atoms with Crippen LogP contribution in [-0.2, 0) is 6.54 Å². The summed E-state index contributed by atoms with van der Waals surface area (Å²) in [5.41, 5.74) is 22.1. The number of para-hydroxylation sites is 2. The molecule has 5 aromatic rings. The van der Waals surface area contributed by atoms with E-state index in [0.717, 1.165) is 50.6 Å². The molecule has 0 amide bonds. The average molecular weight is 442 g/mol. The van der Waals surface area contributed by atoms with Gasteiger partial charge in [-0.05, 0) is 58.7 Å². The molecular formula is C31H27N3. The van der Waals surface area contributed by atoms with E-state index in [-0.39, 0.29) is 0 Å². The minimum Gasteiger partial charge on any atom is -0.397 e. The molecule has 34 heavy (non-hydrogen) atoms. The lowest BCUT2D eigenvalue weighted by atomic mass is 9.91. The van der Waals surface area contributed by atoms with Crippen molar-refractivity contribution in [1.29, 1.82) is 0 Å². The predicted molar refractivity (Wildman–Crippen MR) is 144 cm³/mol. The molecule has 0 unspecified atom stereocenters. The van der Waals surface area contributed by atoms with E-state index in [1.54, 1.807) is 0 Å². The highest BCUT2D eigenvalue weighted by molar-refractivity contribution is 5.99. The zero-order valence-corrected chi connectivity index (χ0v) is 18.9. The third kappa shape index (κ3) is 4.17. The van der Waals surface area contributed by atoms with Crippen molar-refractivity contribution in [2.45, 2.75) is 6.54 Å². The number of hydrogen-bond donors (Lipinski definition) is 2. The van der Waals surface area contributed by atoms with Crippen LogP contribution in [-0.4, -0.2) is 0 Å². The summed E-state index contributed by atoms with van der Waals surface area (Å²) in [6.07, 6.45) is 0. The third-order valence-corrected chi connectivity index (χ3v) is 6.03. The summed E-state index contributed by atoms with van der Waals surface area (Å²) in [7, 11) is 0. The Bertz CT molecular complexity index is 1340. The number of anilines is 4.